The summed E-state index contributed by atoms with van der Waals surface area (Å²) in [4.78, 5) is 5.21. The monoisotopic (exact) mass is 426 g/mol. The molecule has 0 spiro atoms. The molecule has 1 saturated heterocycles. The van der Waals surface area contributed by atoms with E-state index in [1.165, 1.54) is 22.2 Å². The molecule has 0 amide bonds. The van der Waals surface area contributed by atoms with Crippen molar-refractivity contribution < 1.29 is 12.8 Å². The summed E-state index contributed by atoms with van der Waals surface area (Å²) >= 11 is 7.46. The second kappa shape index (κ2) is 8.05. The van der Waals surface area contributed by atoms with Crippen LogP contribution in [0.5, 0.6) is 0 Å². The van der Waals surface area contributed by atoms with Gasteiger partial charge in [-0.05, 0) is 19.0 Å². The third kappa shape index (κ3) is 4.35. The number of nitrogens with one attached hydrogen (secondary N) is 2. The quantitative estimate of drug-likeness (QED) is 0.768. The predicted molar refractivity (Wildman–Crippen MR) is 101 cm³/mol. The average molecular weight is 427 g/mol. The van der Waals surface area contributed by atoms with E-state index >= 15 is 0 Å². The number of hydrogen-bond donors (Lipinski definition) is 2. The number of benzene rings is 1. The topological polar surface area (TPSA) is 74.3 Å². The van der Waals surface area contributed by atoms with Gasteiger partial charge in [0.2, 0.25) is 0 Å². The van der Waals surface area contributed by atoms with Crippen LogP contribution < -0.4 is 14.9 Å². The second-order valence-electron chi connectivity index (χ2n) is 5.47. The van der Waals surface area contributed by atoms with Crippen LogP contribution in [0.2, 0.25) is 5.02 Å². The zero-order valence-electron chi connectivity index (χ0n) is 13.2. The van der Waals surface area contributed by atoms with Gasteiger partial charge in [-0.15, -0.1) is 23.7 Å². The number of hydrogen-bond acceptors (Lipinski definition) is 6. The molecule has 1 aromatic heterocycles. The molecular weight excluding hydrogens is 410 g/mol. The Hall–Kier alpha value is -1.13. The average Bonchev–Trinajstić information content (AvgIpc) is 3.21. The zero-order valence-corrected chi connectivity index (χ0v) is 16.4. The van der Waals surface area contributed by atoms with Crippen LogP contribution >= 0.6 is 35.3 Å². The van der Waals surface area contributed by atoms with Crippen molar-refractivity contribution in [3.05, 3.63) is 33.9 Å². The summed E-state index contributed by atoms with van der Waals surface area (Å²) in [6, 6.07) is 2.49. The first-order chi connectivity index (χ1) is 11.4. The van der Waals surface area contributed by atoms with Crippen molar-refractivity contribution in [3.63, 3.8) is 0 Å². The molecule has 2 N–H and O–H groups in total. The minimum Gasteiger partial charge on any atom is -0.369 e. The van der Waals surface area contributed by atoms with Gasteiger partial charge in [-0.1, -0.05) is 11.6 Å². The van der Waals surface area contributed by atoms with E-state index in [0.29, 0.717) is 5.69 Å². The van der Waals surface area contributed by atoms with E-state index in [2.05, 4.69) is 15.0 Å². The van der Waals surface area contributed by atoms with Crippen LogP contribution in [-0.2, 0) is 10.0 Å². The smallest absolute Gasteiger partial charge is 0.266 e. The van der Waals surface area contributed by atoms with E-state index in [9.17, 15) is 12.8 Å². The van der Waals surface area contributed by atoms with Crippen molar-refractivity contribution in [3.8, 4) is 0 Å². The molecule has 1 aromatic carbocycles. The molecule has 0 radical (unpaired) electrons. The van der Waals surface area contributed by atoms with Gasteiger partial charge in [0.05, 0.1) is 16.2 Å². The largest absolute Gasteiger partial charge is 0.369 e. The molecule has 0 saturated carbocycles. The van der Waals surface area contributed by atoms with E-state index in [1.807, 2.05) is 11.9 Å². The maximum Gasteiger partial charge on any atom is 0.266 e. The summed E-state index contributed by atoms with van der Waals surface area (Å²) in [5, 5.41) is 4.93. The lowest BCUT2D eigenvalue weighted by Gasteiger charge is -2.27. The second-order valence-corrected chi connectivity index (χ2v) is 8.25. The summed E-state index contributed by atoms with van der Waals surface area (Å²) in [6.45, 7) is 1.67. The summed E-state index contributed by atoms with van der Waals surface area (Å²) in [5.74, 6) is -0.705. The van der Waals surface area contributed by atoms with Crippen molar-refractivity contribution >= 4 is 56.9 Å². The molecule has 3 rings (SSSR count). The van der Waals surface area contributed by atoms with Crippen LogP contribution in [0.15, 0.2) is 27.9 Å². The molecule has 1 fully saturated rings. The number of thiazole rings is 1. The van der Waals surface area contributed by atoms with Crippen molar-refractivity contribution in [1.29, 1.82) is 0 Å². The van der Waals surface area contributed by atoms with Gasteiger partial charge in [-0.25, -0.2) is 17.8 Å². The Morgan fingerprint density at radius 1 is 1.48 bits per heavy atom. The molecule has 0 aliphatic carbocycles. The Kier molecular flexibility index (Phi) is 6.50. The third-order valence-electron chi connectivity index (χ3n) is 3.92. The fraction of sp³-hybridized carbons (Fsp3) is 0.357. The number of rotatable bonds is 5. The van der Waals surface area contributed by atoms with E-state index in [0.717, 1.165) is 31.6 Å². The first kappa shape index (κ1) is 20.2. The first-order valence-electron chi connectivity index (χ1n) is 7.22. The molecule has 0 bridgehead atoms. The molecule has 1 unspecified atom stereocenters. The third-order valence-corrected chi connectivity index (χ3v) is 6.18. The summed E-state index contributed by atoms with van der Waals surface area (Å²) in [6.07, 6.45) is 0.917. The van der Waals surface area contributed by atoms with E-state index in [4.69, 9.17) is 11.6 Å². The van der Waals surface area contributed by atoms with Crippen molar-refractivity contribution in [2.45, 2.75) is 17.4 Å². The first-order valence-corrected chi connectivity index (χ1v) is 10.0. The summed E-state index contributed by atoms with van der Waals surface area (Å²) in [5.41, 5.74) is 1.95. The molecule has 1 atom stereocenters. The Morgan fingerprint density at radius 3 is 2.84 bits per heavy atom. The lowest BCUT2D eigenvalue weighted by Crippen LogP contribution is -2.33. The Balaban J connectivity index is 0.00000225. The van der Waals surface area contributed by atoms with E-state index in [1.54, 1.807) is 0 Å². The molecule has 138 valence electrons. The van der Waals surface area contributed by atoms with Gasteiger partial charge < -0.3 is 10.2 Å². The number of likely N-dealkylation sites (N-methyl/N-ethyl adjacent to an activating group) is 1. The minimum atomic E-state index is -4.09. The standard InChI is InChI=1S/C14H16ClFN4O2S2.ClH/c1-20(9-2-3-17-6-9)12-5-11(16)13(4-10(12)15)24(21,22)19-14-7-23-8-18-14;/h4-5,7-9,17,19H,2-3,6H2,1H3;1H. The van der Waals surface area contributed by atoms with Crippen LogP contribution in [0, 0.1) is 5.82 Å². The molecular formula is C14H17Cl2FN4O2S2. The van der Waals surface area contributed by atoms with Crippen molar-refractivity contribution in [1.82, 2.24) is 10.3 Å². The highest BCUT2D eigenvalue weighted by atomic mass is 35.5. The Morgan fingerprint density at radius 2 is 2.24 bits per heavy atom. The molecule has 11 heteroatoms. The number of nitrogens with zero attached hydrogens (tertiary/aromatic N) is 2. The molecule has 25 heavy (non-hydrogen) atoms. The van der Waals surface area contributed by atoms with Gasteiger partial charge in [0.25, 0.3) is 10.0 Å². The highest BCUT2D eigenvalue weighted by Crippen LogP contribution is 2.32. The molecule has 2 heterocycles. The number of sulfonamides is 1. The number of aromatic nitrogens is 1. The fourth-order valence-corrected chi connectivity index (χ4v) is 4.62. The Bertz CT molecular complexity index is 828. The number of anilines is 2. The number of halogens is 3. The molecule has 1 aliphatic heterocycles. The van der Waals surface area contributed by atoms with E-state index in [-0.39, 0.29) is 29.3 Å². The normalized spacial score (nSPS) is 17.2. The SMILES string of the molecule is CN(c1cc(F)c(S(=O)(=O)Nc2cscn2)cc1Cl)C1CCNC1.Cl. The fourth-order valence-electron chi connectivity index (χ4n) is 2.62. The van der Waals surface area contributed by atoms with Gasteiger partial charge in [0.15, 0.2) is 5.82 Å². The van der Waals surface area contributed by atoms with Gasteiger partial charge >= 0.3 is 0 Å². The van der Waals surface area contributed by atoms with Crippen LogP contribution in [-0.4, -0.2) is 39.6 Å². The predicted octanol–water partition coefficient (Wildman–Crippen LogP) is 2.96. The van der Waals surface area contributed by atoms with Gasteiger partial charge in [-0.3, -0.25) is 4.72 Å². The highest BCUT2D eigenvalue weighted by Gasteiger charge is 2.26. The van der Waals surface area contributed by atoms with Crippen molar-refractivity contribution in [2.75, 3.05) is 29.8 Å². The summed E-state index contributed by atoms with van der Waals surface area (Å²) < 4.78 is 41.4. The molecule has 6 nitrogen and oxygen atoms in total. The van der Waals surface area contributed by atoms with Crippen LogP contribution in [0.25, 0.3) is 0 Å². The molecule has 1 aliphatic rings. The van der Waals surface area contributed by atoms with Crippen molar-refractivity contribution in [2.24, 2.45) is 0 Å². The Labute approximate surface area is 160 Å². The van der Waals surface area contributed by atoms with Gasteiger partial charge in [0.1, 0.15) is 10.7 Å². The van der Waals surface area contributed by atoms with Crippen LogP contribution in [0.1, 0.15) is 6.42 Å². The lowest BCUT2D eigenvalue weighted by molar-refractivity contribution is 0.569. The minimum absolute atomic E-state index is 0. The van der Waals surface area contributed by atoms with E-state index < -0.39 is 20.7 Å². The van der Waals surface area contributed by atoms with Gasteiger partial charge in [0, 0.05) is 31.1 Å². The van der Waals surface area contributed by atoms with Gasteiger partial charge in [-0.2, -0.15) is 0 Å². The highest BCUT2D eigenvalue weighted by molar-refractivity contribution is 7.92. The van der Waals surface area contributed by atoms with Crippen LogP contribution in [0.4, 0.5) is 15.9 Å². The maximum atomic E-state index is 14.5. The van der Waals surface area contributed by atoms with Crippen LogP contribution in [0.3, 0.4) is 0 Å². The molecule has 2 aromatic rings. The zero-order chi connectivity index (χ0) is 17.3. The maximum absolute atomic E-state index is 14.5. The lowest BCUT2D eigenvalue weighted by atomic mass is 10.2. The summed E-state index contributed by atoms with van der Waals surface area (Å²) in [7, 11) is -2.27.